The molecule has 5 heteroatoms. The van der Waals surface area contributed by atoms with Crippen LogP contribution in [0, 0.1) is 0 Å². The Morgan fingerprint density at radius 2 is 1.66 bits per heavy atom. The zero-order valence-corrected chi connectivity index (χ0v) is 17.0. The van der Waals surface area contributed by atoms with Crippen LogP contribution in [0.2, 0.25) is 0 Å². The normalized spacial score (nSPS) is 10.6. The predicted octanol–water partition coefficient (Wildman–Crippen LogP) is 5.14. The molecule has 3 rings (SSSR count). The van der Waals surface area contributed by atoms with E-state index in [0.29, 0.717) is 18.8 Å². The molecule has 0 bridgehead atoms. The van der Waals surface area contributed by atoms with E-state index in [1.807, 2.05) is 42.6 Å². The second-order valence-electron chi connectivity index (χ2n) is 6.59. The van der Waals surface area contributed by atoms with Gasteiger partial charge in [-0.05, 0) is 60.0 Å². The lowest BCUT2D eigenvalue weighted by Crippen LogP contribution is -2.01. The number of aromatic nitrogens is 1. The average molecular weight is 391 g/mol. The SMILES string of the molecule is CCCOCc1cnc(-c2ccc(OC)cc2)c(-c2ccc(C(=O)OC)cc2)c1. The monoisotopic (exact) mass is 391 g/mol. The fourth-order valence-corrected chi connectivity index (χ4v) is 3.02. The highest BCUT2D eigenvalue weighted by atomic mass is 16.5. The van der Waals surface area contributed by atoms with Crippen molar-refractivity contribution in [2.45, 2.75) is 20.0 Å². The van der Waals surface area contributed by atoms with Crippen molar-refractivity contribution in [2.75, 3.05) is 20.8 Å². The van der Waals surface area contributed by atoms with Crippen LogP contribution in [0.25, 0.3) is 22.4 Å². The number of benzene rings is 2. The highest BCUT2D eigenvalue weighted by Crippen LogP contribution is 2.32. The summed E-state index contributed by atoms with van der Waals surface area (Å²) in [4.78, 5) is 16.5. The number of esters is 1. The molecule has 0 saturated carbocycles. The quantitative estimate of drug-likeness (QED) is 0.393. The second-order valence-corrected chi connectivity index (χ2v) is 6.59. The highest BCUT2D eigenvalue weighted by Gasteiger charge is 2.12. The Kier molecular flexibility index (Phi) is 6.98. The molecule has 3 aromatic rings. The van der Waals surface area contributed by atoms with Gasteiger partial charge >= 0.3 is 5.97 Å². The molecule has 0 spiro atoms. The van der Waals surface area contributed by atoms with Crippen molar-refractivity contribution in [1.82, 2.24) is 4.98 Å². The number of carbonyl (C=O) groups is 1. The number of hydrogen-bond donors (Lipinski definition) is 0. The van der Waals surface area contributed by atoms with Gasteiger partial charge in [-0.3, -0.25) is 4.98 Å². The Morgan fingerprint density at radius 3 is 2.28 bits per heavy atom. The molecule has 0 saturated heterocycles. The maximum absolute atomic E-state index is 11.7. The van der Waals surface area contributed by atoms with Crippen molar-refractivity contribution in [1.29, 1.82) is 0 Å². The Morgan fingerprint density at radius 1 is 0.966 bits per heavy atom. The summed E-state index contributed by atoms with van der Waals surface area (Å²) >= 11 is 0. The summed E-state index contributed by atoms with van der Waals surface area (Å²) in [5, 5.41) is 0. The first-order valence-corrected chi connectivity index (χ1v) is 9.56. The zero-order chi connectivity index (χ0) is 20.6. The summed E-state index contributed by atoms with van der Waals surface area (Å²) < 4.78 is 15.7. The van der Waals surface area contributed by atoms with Gasteiger partial charge in [-0.1, -0.05) is 19.1 Å². The topological polar surface area (TPSA) is 57.7 Å². The lowest BCUT2D eigenvalue weighted by Gasteiger charge is -2.13. The number of nitrogens with zero attached hydrogens (tertiary/aromatic N) is 1. The molecule has 0 aliphatic carbocycles. The average Bonchev–Trinajstić information content (AvgIpc) is 2.79. The van der Waals surface area contributed by atoms with Gasteiger partial charge in [0, 0.05) is 23.9 Å². The van der Waals surface area contributed by atoms with Crippen molar-refractivity contribution >= 4 is 5.97 Å². The molecule has 29 heavy (non-hydrogen) atoms. The Hall–Kier alpha value is -3.18. The number of carbonyl (C=O) groups excluding carboxylic acids is 1. The van der Waals surface area contributed by atoms with E-state index in [1.165, 1.54) is 7.11 Å². The Bertz CT molecular complexity index is 950. The van der Waals surface area contributed by atoms with Crippen molar-refractivity contribution < 1.29 is 19.0 Å². The molecule has 0 aliphatic heterocycles. The molecule has 1 aromatic heterocycles. The second kappa shape index (κ2) is 9.85. The Balaban J connectivity index is 2.02. The van der Waals surface area contributed by atoms with Crippen LogP contribution in [0.15, 0.2) is 60.8 Å². The van der Waals surface area contributed by atoms with E-state index in [-0.39, 0.29) is 5.97 Å². The third-order valence-corrected chi connectivity index (χ3v) is 4.54. The number of ether oxygens (including phenoxy) is 3. The standard InChI is InChI=1S/C24H25NO4/c1-4-13-29-16-17-14-22(18-5-7-20(8-6-18)24(26)28-3)23(25-15-17)19-9-11-21(27-2)12-10-19/h5-12,14-15H,4,13,16H2,1-3H3. The van der Waals surface area contributed by atoms with Crippen LogP contribution in [0.5, 0.6) is 5.75 Å². The molecule has 0 radical (unpaired) electrons. The molecule has 0 unspecified atom stereocenters. The van der Waals surface area contributed by atoms with Crippen LogP contribution in [0.1, 0.15) is 29.3 Å². The van der Waals surface area contributed by atoms with Crippen LogP contribution in [-0.4, -0.2) is 31.8 Å². The van der Waals surface area contributed by atoms with Crippen molar-refractivity contribution in [3.63, 3.8) is 0 Å². The van der Waals surface area contributed by atoms with Crippen molar-refractivity contribution in [2.24, 2.45) is 0 Å². The summed E-state index contributed by atoms with van der Waals surface area (Å²) in [7, 11) is 3.02. The van der Waals surface area contributed by atoms with E-state index in [9.17, 15) is 4.79 Å². The molecule has 0 aliphatic rings. The van der Waals surface area contributed by atoms with Crippen LogP contribution in [-0.2, 0) is 16.1 Å². The smallest absolute Gasteiger partial charge is 0.337 e. The van der Waals surface area contributed by atoms with E-state index in [4.69, 9.17) is 19.2 Å². The van der Waals surface area contributed by atoms with Gasteiger partial charge in [-0.15, -0.1) is 0 Å². The molecule has 150 valence electrons. The number of hydrogen-bond acceptors (Lipinski definition) is 5. The van der Waals surface area contributed by atoms with Gasteiger partial charge in [0.1, 0.15) is 5.75 Å². The summed E-state index contributed by atoms with van der Waals surface area (Å²) in [5.41, 5.74) is 5.30. The highest BCUT2D eigenvalue weighted by molar-refractivity contribution is 5.90. The molecule has 0 N–H and O–H groups in total. The maximum Gasteiger partial charge on any atom is 0.337 e. The fraction of sp³-hybridized carbons (Fsp3) is 0.250. The summed E-state index contributed by atoms with van der Waals surface area (Å²) in [6, 6.07) is 17.2. The van der Waals surface area contributed by atoms with Gasteiger partial charge in [0.25, 0.3) is 0 Å². The van der Waals surface area contributed by atoms with E-state index >= 15 is 0 Å². The Labute approximate surface area is 171 Å². The third-order valence-electron chi connectivity index (χ3n) is 4.54. The van der Waals surface area contributed by atoms with Crippen molar-refractivity contribution in [3.05, 3.63) is 71.9 Å². The largest absolute Gasteiger partial charge is 0.497 e. The van der Waals surface area contributed by atoms with Crippen molar-refractivity contribution in [3.8, 4) is 28.1 Å². The lowest BCUT2D eigenvalue weighted by molar-refractivity contribution is 0.0600. The van der Waals surface area contributed by atoms with Gasteiger partial charge in [-0.25, -0.2) is 4.79 Å². The minimum atomic E-state index is -0.355. The first-order chi connectivity index (χ1) is 14.2. The number of pyridine rings is 1. The molecular formula is C24H25NO4. The molecule has 0 atom stereocenters. The zero-order valence-electron chi connectivity index (χ0n) is 17.0. The van der Waals surface area contributed by atoms with Gasteiger partial charge in [0.05, 0.1) is 32.1 Å². The van der Waals surface area contributed by atoms with Crippen LogP contribution in [0.4, 0.5) is 0 Å². The molecular weight excluding hydrogens is 366 g/mol. The summed E-state index contributed by atoms with van der Waals surface area (Å²) in [6.07, 6.45) is 2.82. The molecule has 0 fully saturated rings. The summed E-state index contributed by atoms with van der Waals surface area (Å²) in [5.74, 6) is 0.439. The third kappa shape index (κ3) is 5.00. The van der Waals surface area contributed by atoms with Crippen LogP contribution < -0.4 is 4.74 Å². The lowest BCUT2D eigenvalue weighted by atomic mass is 9.97. The minimum absolute atomic E-state index is 0.355. The van der Waals surface area contributed by atoms with Gasteiger partial charge in [0.2, 0.25) is 0 Å². The number of methoxy groups -OCH3 is 2. The van der Waals surface area contributed by atoms with E-state index < -0.39 is 0 Å². The van der Waals surface area contributed by atoms with Crippen LogP contribution >= 0.6 is 0 Å². The van der Waals surface area contributed by atoms with E-state index in [2.05, 4.69) is 13.0 Å². The van der Waals surface area contributed by atoms with E-state index in [0.717, 1.165) is 40.1 Å². The fourth-order valence-electron chi connectivity index (χ4n) is 3.02. The van der Waals surface area contributed by atoms with Crippen LogP contribution in [0.3, 0.4) is 0 Å². The number of rotatable bonds is 8. The van der Waals surface area contributed by atoms with E-state index in [1.54, 1.807) is 19.2 Å². The summed E-state index contributed by atoms with van der Waals surface area (Å²) in [6.45, 7) is 3.31. The maximum atomic E-state index is 11.7. The van der Waals surface area contributed by atoms with Gasteiger partial charge < -0.3 is 14.2 Å². The van der Waals surface area contributed by atoms with Gasteiger partial charge in [0.15, 0.2) is 0 Å². The molecule has 0 amide bonds. The molecule has 2 aromatic carbocycles. The first kappa shape index (κ1) is 20.6. The first-order valence-electron chi connectivity index (χ1n) is 9.56. The predicted molar refractivity (Wildman–Crippen MR) is 113 cm³/mol. The molecule has 1 heterocycles. The molecule has 5 nitrogen and oxygen atoms in total. The van der Waals surface area contributed by atoms with Gasteiger partial charge in [-0.2, -0.15) is 0 Å². The minimum Gasteiger partial charge on any atom is -0.497 e.